The largest absolute Gasteiger partial charge is 0.497 e. The van der Waals surface area contributed by atoms with Gasteiger partial charge in [-0.05, 0) is 54.3 Å². The van der Waals surface area contributed by atoms with Crippen LogP contribution in [0.1, 0.15) is 44.6 Å². The number of amides is 1. The summed E-state index contributed by atoms with van der Waals surface area (Å²) in [6, 6.07) is 11.2. The molecule has 1 atom stereocenters. The van der Waals surface area contributed by atoms with Gasteiger partial charge in [0.2, 0.25) is 5.91 Å². The third kappa shape index (κ3) is 3.82. The maximum atomic E-state index is 13.5. The van der Waals surface area contributed by atoms with Gasteiger partial charge in [0.25, 0.3) is 0 Å². The van der Waals surface area contributed by atoms with Gasteiger partial charge in [-0.1, -0.05) is 13.8 Å². The number of nitrogens with zero attached hydrogens (tertiary/aromatic N) is 1. The number of carbonyl (C=O) groups excluding carboxylic acids is 2. The number of halogens is 1. The van der Waals surface area contributed by atoms with Crippen LogP contribution in [-0.4, -0.2) is 25.9 Å². The summed E-state index contributed by atoms with van der Waals surface area (Å²) in [5.41, 5.74) is 2.37. The second-order valence-corrected chi connectivity index (χ2v) is 8.87. The molecule has 1 amide bonds. The molecule has 4 rings (SSSR count). The lowest BCUT2D eigenvalue weighted by atomic mass is 9.69. The van der Waals surface area contributed by atoms with E-state index >= 15 is 0 Å². The molecule has 0 N–H and O–H groups in total. The van der Waals surface area contributed by atoms with Crippen LogP contribution in [0.4, 0.5) is 10.1 Å². The Morgan fingerprint density at radius 3 is 2.35 bits per heavy atom. The molecule has 0 aromatic heterocycles. The number of allylic oxidation sites excluding steroid dienone is 2. The number of carbonyl (C=O) groups is 2. The molecule has 31 heavy (non-hydrogen) atoms. The monoisotopic (exact) mass is 423 g/mol. The van der Waals surface area contributed by atoms with Crippen LogP contribution in [0.25, 0.3) is 0 Å². The lowest BCUT2D eigenvalue weighted by molar-refractivity contribution is -0.121. The van der Waals surface area contributed by atoms with E-state index in [0.29, 0.717) is 41.3 Å². The van der Waals surface area contributed by atoms with Gasteiger partial charge < -0.3 is 9.47 Å². The molecule has 0 saturated heterocycles. The quantitative estimate of drug-likeness (QED) is 0.694. The minimum Gasteiger partial charge on any atom is -0.497 e. The van der Waals surface area contributed by atoms with E-state index in [4.69, 9.17) is 9.47 Å². The van der Waals surface area contributed by atoms with Crippen molar-refractivity contribution >= 4 is 17.4 Å². The van der Waals surface area contributed by atoms with Crippen molar-refractivity contribution < 1.29 is 23.5 Å². The van der Waals surface area contributed by atoms with Gasteiger partial charge in [-0.3, -0.25) is 14.5 Å². The lowest BCUT2D eigenvalue weighted by Crippen LogP contribution is -2.43. The summed E-state index contributed by atoms with van der Waals surface area (Å²) >= 11 is 0. The summed E-state index contributed by atoms with van der Waals surface area (Å²) in [5.74, 6) is 0.342. The Labute approximate surface area is 181 Å². The van der Waals surface area contributed by atoms with E-state index in [1.54, 1.807) is 43.4 Å². The smallest absolute Gasteiger partial charge is 0.232 e. The van der Waals surface area contributed by atoms with Crippen LogP contribution in [0.15, 0.2) is 53.7 Å². The van der Waals surface area contributed by atoms with E-state index in [-0.39, 0.29) is 29.3 Å². The first-order chi connectivity index (χ1) is 14.7. The van der Waals surface area contributed by atoms with Gasteiger partial charge >= 0.3 is 0 Å². The number of hydrogen-bond donors (Lipinski definition) is 0. The summed E-state index contributed by atoms with van der Waals surface area (Å²) in [7, 11) is 3.15. The van der Waals surface area contributed by atoms with Crippen LogP contribution in [-0.2, 0) is 9.59 Å². The van der Waals surface area contributed by atoms with Gasteiger partial charge in [0, 0.05) is 41.3 Å². The molecular weight excluding hydrogens is 397 g/mol. The van der Waals surface area contributed by atoms with Crippen molar-refractivity contribution in [1.82, 2.24) is 0 Å². The molecule has 5 nitrogen and oxygen atoms in total. The Kier molecular flexibility index (Phi) is 5.33. The number of ketones is 1. The zero-order valence-corrected chi connectivity index (χ0v) is 18.2. The molecular formula is C25H26FNO4. The van der Waals surface area contributed by atoms with Crippen molar-refractivity contribution in [3.05, 3.63) is 65.1 Å². The predicted molar refractivity (Wildman–Crippen MR) is 116 cm³/mol. The maximum Gasteiger partial charge on any atom is 0.232 e. The van der Waals surface area contributed by atoms with Crippen LogP contribution in [0.5, 0.6) is 11.5 Å². The number of methoxy groups -OCH3 is 2. The molecule has 1 aliphatic heterocycles. The van der Waals surface area contributed by atoms with Crippen LogP contribution >= 0.6 is 0 Å². The summed E-state index contributed by atoms with van der Waals surface area (Å²) in [6.45, 7) is 4.05. The first-order valence-corrected chi connectivity index (χ1v) is 10.3. The first kappa shape index (κ1) is 21.1. The zero-order chi connectivity index (χ0) is 22.3. The van der Waals surface area contributed by atoms with E-state index in [1.807, 2.05) is 19.9 Å². The van der Waals surface area contributed by atoms with Crippen molar-refractivity contribution in [1.29, 1.82) is 0 Å². The van der Waals surface area contributed by atoms with E-state index in [1.165, 1.54) is 12.1 Å². The fourth-order valence-corrected chi connectivity index (χ4v) is 4.68. The molecule has 0 radical (unpaired) electrons. The Balaban J connectivity index is 1.92. The molecule has 2 aliphatic rings. The fraction of sp³-hybridized carbons (Fsp3) is 0.360. The van der Waals surface area contributed by atoms with Gasteiger partial charge in [-0.2, -0.15) is 0 Å². The number of ether oxygens (including phenoxy) is 2. The Morgan fingerprint density at radius 1 is 1.00 bits per heavy atom. The highest BCUT2D eigenvalue weighted by molar-refractivity contribution is 6.08. The number of Topliss-reactive ketones (excluding diaryl/α,β-unsaturated/α-hetero) is 1. The van der Waals surface area contributed by atoms with Crippen LogP contribution in [0, 0.1) is 11.2 Å². The number of hydrogen-bond acceptors (Lipinski definition) is 4. The van der Waals surface area contributed by atoms with Crippen LogP contribution < -0.4 is 14.4 Å². The van der Waals surface area contributed by atoms with Gasteiger partial charge in [-0.15, -0.1) is 0 Å². The minimum atomic E-state index is -0.423. The first-order valence-electron chi connectivity index (χ1n) is 10.3. The summed E-state index contributed by atoms with van der Waals surface area (Å²) in [5, 5.41) is 0. The fourth-order valence-electron chi connectivity index (χ4n) is 4.68. The van der Waals surface area contributed by atoms with Crippen LogP contribution in [0.2, 0.25) is 0 Å². The van der Waals surface area contributed by atoms with Gasteiger partial charge in [0.05, 0.1) is 14.2 Å². The molecule has 162 valence electrons. The van der Waals surface area contributed by atoms with Gasteiger partial charge in [-0.25, -0.2) is 4.39 Å². The second kappa shape index (κ2) is 7.84. The van der Waals surface area contributed by atoms with E-state index in [9.17, 15) is 14.0 Å². The highest BCUT2D eigenvalue weighted by atomic mass is 19.1. The summed E-state index contributed by atoms with van der Waals surface area (Å²) < 4.78 is 24.5. The Morgan fingerprint density at radius 2 is 1.71 bits per heavy atom. The molecule has 1 aliphatic carbocycles. The Hall–Kier alpha value is -3.15. The van der Waals surface area contributed by atoms with Crippen molar-refractivity contribution in [2.24, 2.45) is 5.41 Å². The molecule has 2 aromatic carbocycles. The molecule has 1 unspecified atom stereocenters. The third-order valence-electron chi connectivity index (χ3n) is 6.04. The van der Waals surface area contributed by atoms with Crippen molar-refractivity contribution in [2.45, 2.75) is 39.0 Å². The highest BCUT2D eigenvalue weighted by Crippen LogP contribution is 2.49. The zero-order valence-electron chi connectivity index (χ0n) is 18.2. The third-order valence-corrected chi connectivity index (χ3v) is 6.04. The summed E-state index contributed by atoms with van der Waals surface area (Å²) in [4.78, 5) is 28.4. The number of anilines is 1. The standard InChI is InChI=1S/C25H26FNO4/c1-25(2)13-20-24(21(28)14-25)19(18-11-17(30-3)9-10-22(18)31-4)12-23(29)27(20)16-7-5-15(26)6-8-16/h5-11,19H,12-14H2,1-4H3. The minimum absolute atomic E-state index is 0.0285. The molecule has 6 heteroatoms. The predicted octanol–water partition coefficient (Wildman–Crippen LogP) is 5.01. The van der Waals surface area contributed by atoms with E-state index in [2.05, 4.69) is 0 Å². The van der Waals surface area contributed by atoms with Crippen molar-refractivity contribution in [3.63, 3.8) is 0 Å². The van der Waals surface area contributed by atoms with E-state index < -0.39 is 5.92 Å². The lowest BCUT2D eigenvalue weighted by Gasteiger charge is -2.43. The second-order valence-electron chi connectivity index (χ2n) is 8.87. The normalized spacial score (nSPS) is 20.5. The molecule has 0 saturated carbocycles. The summed E-state index contributed by atoms with van der Waals surface area (Å²) in [6.07, 6.45) is 1.09. The van der Waals surface area contributed by atoms with Gasteiger partial charge in [0.15, 0.2) is 5.78 Å². The molecule has 0 bridgehead atoms. The van der Waals surface area contributed by atoms with Gasteiger partial charge in [0.1, 0.15) is 17.3 Å². The average molecular weight is 423 g/mol. The Bertz CT molecular complexity index is 1070. The SMILES string of the molecule is COc1ccc(OC)c(C2CC(=O)N(c3ccc(F)cc3)C3=C2C(=O)CC(C)(C)C3)c1. The molecule has 2 aromatic rings. The topological polar surface area (TPSA) is 55.8 Å². The maximum absolute atomic E-state index is 13.5. The number of benzene rings is 2. The highest BCUT2D eigenvalue weighted by Gasteiger charge is 2.45. The van der Waals surface area contributed by atoms with Crippen LogP contribution in [0.3, 0.4) is 0 Å². The molecule has 1 heterocycles. The molecule has 0 fully saturated rings. The average Bonchev–Trinajstić information content (AvgIpc) is 2.72. The van der Waals surface area contributed by atoms with E-state index in [0.717, 1.165) is 5.56 Å². The molecule has 0 spiro atoms. The van der Waals surface area contributed by atoms with Crippen molar-refractivity contribution in [2.75, 3.05) is 19.1 Å². The number of rotatable bonds is 4. The van der Waals surface area contributed by atoms with Crippen molar-refractivity contribution in [3.8, 4) is 11.5 Å².